The standard InChI is InChI=1S/C27H28FN3O2/c1-19-9-14-25(20(2)18-19)33-17-16-31-24-7-4-3-6-23(24)30-26(31)8-5-15-29-27(32)21-10-12-22(28)13-11-21/h3-4,6-7,9-14,18H,5,8,15-17H2,1-2H3,(H,29,32). The Hall–Kier alpha value is -3.67. The van der Waals surface area contributed by atoms with Gasteiger partial charge < -0.3 is 14.6 Å². The highest BCUT2D eigenvalue weighted by Gasteiger charge is 2.11. The lowest BCUT2D eigenvalue weighted by molar-refractivity contribution is 0.0953. The Morgan fingerprint density at radius 3 is 2.64 bits per heavy atom. The molecule has 1 amide bonds. The molecule has 5 nitrogen and oxygen atoms in total. The molecule has 1 aromatic heterocycles. The van der Waals surface area contributed by atoms with Crippen LogP contribution in [0.25, 0.3) is 11.0 Å². The van der Waals surface area contributed by atoms with E-state index < -0.39 is 0 Å². The number of aromatic nitrogens is 2. The molecule has 0 spiro atoms. The van der Waals surface area contributed by atoms with Crippen LogP contribution in [0.5, 0.6) is 5.75 Å². The van der Waals surface area contributed by atoms with Gasteiger partial charge in [-0.15, -0.1) is 0 Å². The highest BCUT2D eigenvalue weighted by molar-refractivity contribution is 5.94. The average Bonchev–Trinajstić information content (AvgIpc) is 3.16. The molecule has 4 aromatic rings. The Morgan fingerprint density at radius 1 is 1.06 bits per heavy atom. The molecule has 170 valence electrons. The topological polar surface area (TPSA) is 56.1 Å². The van der Waals surface area contributed by atoms with Crippen molar-refractivity contribution in [1.29, 1.82) is 0 Å². The SMILES string of the molecule is Cc1ccc(OCCn2c(CCCNC(=O)c3ccc(F)cc3)nc3ccccc32)c(C)c1. The number of halogens is 1. The zero-order valence-corrected chi connectivity index (χ0v) is 19.0. The van der Waals surface area contributed by atoms with Crippen molar-refractivity contribution >= 4 is 16.9 Å². The van der Waals surface area contributed by atoms with E-state index in [-0.39, 0.29) is 11.7 Å². The van der Waals surface area contributed by atoms with Crippen LogP contribution < -0.4 is 10.1 Å². The van der Waals surface area contributed by atoms with Gasteiger partial charge in [-0.3, -0.25) is 4.79 Å². The van der Waals surface area contributed by atoms with Gasteiger partial charge in [-0.2, -0.15) is 0 Å². The number of rotatable bonds is 9. The lowest BCUT2D eigenvalue weighted by Crippen LogP contribution is -2.25. The Labute approximate surface area is 193 Å². The van der Waals surface area contributed by atoms with Crippen molar-refractivity contribution in [2.75, 3.05) is 13.2 Å². The van der Waals surface area contributed by atoms with E-state index in [0.717, 1.165) is 41.0 Å². The third-order valence-electron chi connectivity index (χ3n) is 5.61. The van der Waals surface area contributed by atoms with Gasteiger partial charge in [-0.1, -0.05) is 29.8 Å². The fraction of sp³-hybridized carbons (Fsp3) is 0.259. The third kappa shape index (κ3) is 5.58. The molecule has 0 saturated carbocycles. The van der Waals surface area contributed by atoms with Gasteiger partial charge in [0.2, 0.25) is 0 Å². The van der Waals surface area contributed by atoms with E-state index in [2.05, 4.69) is 41.9 Å². The minimum Gasteiger partial charge on any atom is -0.491 e. The molecule has 0 bridgehead atoms. The Kier molecular flexibility index (Phi) is 7.03. The molecule has 0 saturated heterocycles. The van der Waals surface area contributed by atoms with Crippen molar-refractivity contribution in [2.24, 2.45) is 0 Å². The highest BCUT2D eigenvalue weighted by atomic mass is 19.1. The molecule has 0 aliphatic carbocycles. The third-order valence-corrected chi connectivity index (χ3v) is 5.61. The van der Waals surface area contributed by atoms with Crippen molar-refractivity contribution in [3.05, 3.63) is 95.1 Å². The zero-order chi connectivity index (χ0) is 23.2. The van der Waals surface area contributed by atoms with Gasteiger partial charge in [0.15, 0.2) is 0 Å². The number of benzene rings is 3. The number of imidazole rings is 1. The van der Waals surface area contributed by atoms with Crippen LogP contribution in [0.2, 0.25) is 0 Å². The minimum atomic E-state index is -0.355. The highest BCUT2D eigenvalue weighted by Crippen LogP contribution is 2.20. The van der Waals surface area contributed by atoms with Gasteiger partial charge in [0.25, 0.3) is 5.91 Å². The monoisotopic (exact) mass is 445 g/mol. The summed E-state index contributed by atoms with van der Waals surface area (Å²) in [6, 6.07) is 19.8. The summed E-state index contributed by atoms with van der Waals surface area (Å²) in [5.41, 5.74) is 4.82. The number of nitrogens with zero attached hydrogens (tertiary/aromatic N) is 2. The number of nitrogens with one attached hydrogen (secondary N) is 1. The van der Waals surface area contributed by atoms with Crippen LogP contribution in [0.4, 0.5) is 4.39 Å². The molecule has 6 heteroatoms. The summed E-state index contributed by atoms with van der Waals surface area (Å²) in [6.45, 7) is 5.87. The maximum Gasteiger partial charge on any atom is 0.251 e. The Balaban J connectivity index is 1.37. The molecule has 33 heavy (non-hydrogen) atoms. The molecule has 1 N–H and O–H groups in total. The minimum absolute atomic E-state index is 0.203. The number of carbonyl (C=O) groups is 1. The summed E-state index contributed by atoms with van der Waals surface area (Å²) in [6.07, 6.45) is 1.47. The van der Waals surface area contributed by atoms with Crippen LogP contribution in [0.1, 0.15) is 33.7 Å². The van der Waals surface area contributed by atoms with Crippen molar-refractivity contribution in [2.45, 2.75) is 33.2 Å². The van der Waals surface area contributed by atoms with Crippen molar-refractivity contribution in [1.82, 2.24) is 14.9 Å². The number of fused-ring (bicyclic) bond motifs is 1. The summed E-state index contributed by atoms with van der Waals surface area (Å²) in [5, 5.41) is 2.89. The second-order valence-corrected chi connectivity index (χ2v) is 8.15. The quantitative estimate of drug-likeness (QED) is 0.359. The summed E-state index contributed by atoms with van der Waals surface area (Å²) in [4.78, 5) is 17.0. The summed E-state index contributed by atoms with van der Waals surface area (Å²) in [5.74, 6) is 1.31. The van der Waals surface area contributed by atoms with Crippen LogP contribution in [0.15, 0.2) is 66.7 Å². The number of aryl methyl sites for hydroxylation is 3. The first-order chi connectivity index (χ1) is 16.0. The molecule has 0 fully saturated rings. The van der Waals surface area contributed by atoms with Crippen molar-refractivity contribution < 1.29 is 13.9 Å². The van der Waals surface area contributed by atoms with Gasteiger partial charge in [0, 0.05) is 18.5 Å². The molecule has 0 aliphatic heterocycles. The largest absolute Gasteiger partial charge is 0.491 e. The first kappa shape index (κ1) is 22.5. The van der Waals surface area contributed by atoms with E-state index >= 15 is 0 Å². The van der Waals surface area contributed by atoms with Crippen molar-refractivity contribution in [3.63, 3.8) is 0 Å². The van der Waals surface area contributed by atoms with Crippen molar-refractivity contribution in [3.8, 4) is 5.75 Å². The number of ether oxygens (including phenoxy) is 1. The van der Waals surface area contributed by atoms with Crippen LogP contribution in [-0.4, -0.2) is 28.6 Å². The number of amides is 1. The fourth-order valence-corrected chi connectivity index (χ4v) is 3.93. The van der Waals surface area contributed by atoms with E-state index in [9.17, 15) is 9.18 Å². The molecule has 0 radical (unpaired) electrons. The van der Waals surface area contributed by atoms with Gasteiger partial charge >= 0.3 is 0 Å². The van der Waals surface area contributed by atoms with Gasteiger partial charge in [-0.05, 0) is 68.3 Å². The van der Waals surface area contributed by atoms with E-state index in [1.165, 1.54) is 29.8 Å². The number of hydrogen-bond donors (Lipinski definition) is 1. The summed E-state index contributed by atoms with van der Waals surface area (Å²) >= 11 is 0. The predicted octanol–water partition coefficient (Wildman–Crippen LogP) is 5.23. The maximum atomic E-state index is 13.0. The van der Waals surface area contributed by atoms with E-state index in [1.807, 2.05) is 24.3 Å². The molecule has 4 rings (SSSR count). The molecule has 0 aliphatic rings. The molecule has 3 aromatic carbocycles. The first-order valence-corrected chi connectivity index (χ1v) is 11.2. The first-order valence-electron chi connectivity index (χ1n) is 11.2. The Bertz CT molecular complexity index is 1250. The smallest absolute Gasteiger partial charge is 0.251 e. The number of hydrogen-bond acceptors (Lipinski definition) is 3. The van der Waals surface area contributed by atoms with Crippen LogP contribution in [0, 0.1) is 19.7 Å². The number of para-hydroxylation sites is 2. The summed E-state index contributed by atoms with van der Waals surface area (Å²) in [7, 11) is 0. The normalized spacial score (nSPS) is 11.0. The van der Waals surface area contributed by atoms with E-state index in [0.29, 0.717) is 25.3 Å². The Morgan fingerprint density at radius 2 is 1.85 bits per heavy atom. The summed E-state index contributed by atoms with van der Waals surface area (Å²) < 4.78 is 21.3. The molecule has 0 unspecified atom stereocenters. The number of carbonyl (C=O) groups excluding carboxylic acids is 1. The van der Waals surface area contributed by atoms with Gasteiger partial charge in [-0.25, -0.2) is 9.37 Å². The van der Waals surface area contributed by atoms with Gasteiger partial charge in [0.05, 0.1) is 17.6 Å². The lowest BCUT2D eigenvalue weighted by atomic mass is 10.1. The second kappa shape index (κ2) is 10.3. The van der Waals surface area contributed by atoms with E-state index in [1.54, 1.807) is 0 Å². The molecule has 1 heterocycles. The fourth-order valence-electron chi connectivity index (χ4n) is 3.93. The lowest BCUT2D eigenvalue weighted by Gasteiger charge is -2.13. The molecular weight excluding hydrogens is 417 g/mol. The van der Waals surface area contributed by atoms with Crippen LogP contribution >= 0.6 is 0 Å². The maximum absolute atomic E-state index is 13.0. The molecule has 0 atom stereocenters. The predicted molar refractivity (Wildman–Crippen MR) is 128 cm³/mol. The zero-order valence-electron chi connectivity index (χ0n) is 19.0. The van der Waals surface area contributed by atoms with E-state index in [4.69, 9.17) is 9.72 Å². The van der Waals surface area contributed by atoms with Crippen LogP contribution in [-0.2, 0) is 13.0 Å². The van der Waals surface area contributed by atoms with Gasteiger partial charge in [0.1, 0.15) is 24.0 Å². The average molecular weight is 446 g/mol. The molecular formula is C27H28FN3O2. The van der Waals surface area contributed by atoms with Crippen LogP contribution in [0.3, 0.4) is 0 Å². The second-order valence-electron chi connectivity index (χ2n) is 8.15.